The topological polar surface area (TPSA) is 81.3 Å². The maximum atomic E-state index is 11.6. The van der Waals surface area contributed by atoms with Crippen LogP contribution in [0.15, 0.2) is 36.7 Å². The lowest BCUT2D eigenvalue weighted by molar-refractivity contribution is 0.0602. The molecule has 0 saturated carbocycles. The van der Waals surface area contributed by atoms with E-state index >= 15 is 0 Å². The van der Waals surface area contributed by atoms with Crippen LogP contribution in [0.25, 0.3) is 0 Å². The molecule has 0 aliphatic carbocycles. The molecule has 6 nitrogen and oxygen atoms in total. The van der Waals surface area contributed by atoms with E-state index in [1.54, 1.807) is 12.3 Å². The molecule has 0 spiro atoms. The monoisotopic (exact) mass is 272 g/mol. The molecular weight excluding hydrogens is 256 g/mol. The highest BCUT2D eigenvalue weighted by Gasteiger charge is 2.16. The third-order valence-corrected chi connectivity index (χ3v) is 2.86. The predicted octanol–water partition coefficient (Wildman–Crippen LogP) is 1.48. The number of anilines is 2. The fraction of sp³-hybridized carbons (Fsp3) is 0.214. The van der Waals surface area contributed by atoms with E-state index in [0.717, 1.165) is 5.69 Å². The molecule has 0 bridgehead atoms. The Morgan fingerprint density at radius 2 is 2.10 bits per heavy atom. The SMILES string of the molecule is COC(=O)c1ccnc(N(C)Cc2ccccn2)c1N. The zero-order chi connectivity index (χ0) is 14.5. The van der Waals surface area contributed by atoms with E-state index in [1.165, 1.54) is 13.3 Å². The van der Waals surface area contributed by atoms with Crippen molar-refractivity contribution in [2.24, 2.45) is 0 Å². The maximum absolute atomic E-state index is 11.6. The van der Waals surface area contributed by atoms with Gasteiger partial charge in [-0.3, -0.25) is 4.98 Å². The first kappa shape index (κ1) is 13.8. The summed E-state index contributed by atoms with van der Waals surface area (Å²) >= 11 is 0. The van der Waals surface area contributed by atoms with Crippen LogP contribution in [0.4, 0.5) is 11.5 Å². The number of hydrogen-bond donors (Lipinski definition) is 1. The fourth-order valence-electron chi connectivity index (χ4n) is 1.86. The molecule has 0 aliphatic rings. The lowest BCUT2D eigenvalue weighted by atomic mass is 10.2. The molecule has 104 valence electrons. The summed E-state index contributed by atoms with van der Waals surface area (Å²) in [7, 11) is 3.16. The smallest absolute Gasteiger partial charge is 0.340 e. The van der Waals surface area contributed by atoms with Gasteiger partial charge < -0.3 is 15.4 Å². The van der Waals surface area contributed by atoms with Crippen molar-refractivity contribution in [3.05, 3.63) is 47.9 Å². The van der Waals surface area contributed by atoms with Gasteiger partial charge in [-0.25, -0.2) is 9.78 Å². The van der Waals surface area contributed by atoms with E-state index in [-0.39, 0.29) is 0 Å². The van der Waals surface area contributed by atoms with Crippen LogP contribution in [0.3, 0.4) is 0 Å². The summed E-state index contributed by atoms with van der Waals surface area (Å²) in [6, 6.07) is 7.22. The van der Waals surface area contributed by atoms with Gasteiger partial charge in [-0.1, -0.05) is 6.07 Å². The third kappa shape index (κ3) is 2.85. The summed E-state index contributed by atoms with van der Waals surface area (Å²) in [5.74, 6) is 0.0518. The van der Waals surface area contributed by atoms with Gasteiger partial charge >= 0.3 is 5.97 Å². The number of esters is 1. The van der Waals surface area contributed by atoms with Crippen molar-refractivity contribution in [3.63, 3.8) is 0 Å². The van der Waals surface area contributed by atoms with Crippen LogP contribution < -0.4 is 10.6 Å². The van der Waals surface area contributed by atoms with Crippen LogP contribution >= 0.6 is 0 Å². The molecular formula is C14H16N4O2. The quantitative estimate of drug-likeness (QED) is 0.849. The number of nitrogen functional groups attached to an aromatic ring is 1. The molecule has 0 fully saturated rings. The zero-order valence-corrected chi connectivity index (χ0v) is 11.4. The second-order valence-electron chi connectivity index (χ2n) is 4.26. The minimum atomic E-state index is -0.475. The Hall–Kier alpha value is -2.63. The fourth-order valence-corrected chi connectivity index (χ4v) is 1.86. The first-order chi connectivity index (χ1) is 9.63. The summed E-state index contributed by atoms with van der Waals surface area (Å²) in [6.45, 7) is 0.544. The molecule has 2 heterocycles. The van der Waals surface area contributed by atoms with E-state index in [9.17, 15) is 4.79 Å². The Balaban J connectivity index is 2.26. The van der Waals surface area contributed by atoms with Crippen LogP contribution in [-0.4, -0.2) is 30.1 Å². The standard InChI is InChI=1S/C14H16N4O2/c1-18(9-10-5-3-4-7-16-10)13-12(15)11(6-8-17-13)14(19)20-2/h3-8H,9,15H2,1-2H3. The Morgan fingerprint density at radius 1 is 1.30 bits per heavy atom. The molecule has 0 aromatic carbocycles. The van der Waals surface area contributed by atoms with Crippen molar-refractivity contribution in [2.75, 3.05) is 24.8 Å². The lowest BCUT2D eigenvalue weighted by Crippen LogP contribution is -2.21. The van der Waals surface area contributed by atoms with Gasteiger partial charge in [0.05, 0.1) is 30.6 Å². The highest BCUT2D eigenvalue weighted by molar-refractivity contribution is 5.97. The van der Waals surface area contributed by atoms with Crippen LogP contribution in [-0.2, 0) is 11.3 Å². The number of nitrogens with zero attached hydrogens (tertiary/aromatic N) is 3. The van der Waals surface area contributed by atoms with Gasteiger partial charge in [0, 0.05) is 19.4 Å². The van der Waals surface area contributed by atoms with Gasteiger partial charge in [0.1, 0.15) is 0 Å². The second kappa shape index (κ2) is 6.01. The van der Waals surface area contributed by atoms with Crippen molar-refractivity contribution >= 4 is 17.5 Å². The number of aromatic nitrogens is 2. The first-order valence-corrected chi connectivity index (χ1v) is 6.07. The van der Waals surface area contributed by atoms with Crippen molar-refractivity contribution in [2.45, 2.75) is 6.54 Å². The van der Waals surface area contributed by atoms with Crippen molar-refractivity contribution < 1.29 is 9.53 Å². The van der Waals surface area contributed by atoms with Gasteiger partial charge in [0.15, 0.2) is 5.82 Å². The van der Waals surface area contributed by atoms with Crippen LogP contribution in [0.2, 0.25) is 0 Å². The van der Waals surface area contributed by atoms with E-state index in [1.807, 2.05) is 30.1 Å². The Kier molecular flexibility index (Phi) is 4.14. The summed E-state index contributed by atoms with van der Waals surface area (Å²) in [6.07, 6.45) is 3.26. The maximum Gasteiger partial charge on any atom is 0.340 e. The summed E-state index contributed by atoms with van der Waals surface area (Å²) < 4.78 is 4.69. The largest absolute Gasteiger partial charge is 0.465 e. The number of carbonyl (C=O) groups excluding carboxylic acids is 1. The molecule has 0 amide bonds. The molecule has 2 aromatic heterocycles. The summed E-state index contributed by atoms with van der Waals surface area (Å²) in [5, 5.41) is 0. The van der Waals surface area contributed by atoms with E-state index < -0.39 is 5.97 Å². The highest BCUT2D eigenvalue weighted by Crippen LogP contribution is 2.24. The molecule has 2 rings (SSSR count). The number of rotatable bonds is 4. The van der Waals surface area contributed by atoms with Gasteiger partial charge in [-0.2, -0.15) is 0 Å². The normalized spacial score (nSPS) is 10.1. The molecule has 6 heteroatoms. The zero-order valence-electron chi connectivity index (χ0n) is 11.4. The number of nitrogens with two attached hydrogens (primary N) is 1. The molecule has 0 atom stereocenters. The minimum absolute atomic E-state index is 0.304. The summed E-state index contributed by atoms with van der Waals surface area (Å²) in [4.78, 5) is 21.9. The second-order valence-corrected chi connectivity index (χ2v) is 4.26. The number of pyridine rings is 2. The van der Waals surface area contributed by atoms with Crippen molar-refractivity contribution in [3.8, 4) is 0 Å². The molecule has 0 unspecified atom stereocenters. The molecule has 2 N–H and O–H groups in total. The Bertz CT molecular complexity index is 601. The van der Waals surface area contributed by atoms with E-state index in [0.29, 0.717) is 23.6 Å². The Morgan fingerprint density at radius 3 is 2.75 bits per heavy atom. The highest BCUT2D eigenvalue weighted by atomic mass is 16.5. The molecule has 0 aliphatic heterocycles. The predicted molar refractivity (Wildman–Crippen MR) is 76.3 cm³/mol. The van der Waals surface area contributed by atoms with Crippen LogP contribution in [0.5, 0.6) is 0 Å². The van der Waals surface area contributed by atoms with Gasteiger partial charge in [-0.05, 0) is 18.2 Å². The number of ether oxygens (including phenoxy) is 1. The average molecular weight is 272 g/mol. The van der Waals surface area contributed by atoms with Gasteiger partial charge in [0.2, 0.25) is 0 Å². The Labute approximate surface area is 117 Å². The van der Waals surface area contributed by atoms with E-state index in [4.69, 9.17) is 10.5 Å². The molecule has 0 radical (unpaired) electrons. The number of methoxy groups -OCH3 is 1. The third-order valence-electron chi connectivity index (χ3n) is 2.86. The van der Waals surface area contributed by atoms with Crippen LogP contribution in [0, 0.1) is 0 Å². The van der Waals surface area contributed by atoms with Crippen molar-refractivity contribution in [1.29, 1.82) is 0 Å². The van der Waals surface area contributed by atoms with Gasteiger partial charge in [-0.15, -0.1) is 0 Å². The van der Waals surface area contributed by atoms with Gasteiger partial charge in [0.25, 0.3) is 0 Å². The van der Waals surface area contributed by atoms with E-state index in [2.05, 4.69) is 9.97 Å². The van der Waals surface area contributed by atoms with Crippen molar-refractivity contribution in [1.82, 2.24) is 9.97 Å². The molecule has 2 aromatic rings. The number of hydrogen-bond acceptors (Lipinski definition) is 6. The molecule has 0 saturated heterocycles. The average Bonchev–Trinajstić information content (AvgIpc) is 2.47. The summed E-state index contributed by atoms with van der Waals surface area (Å²) in [5.41, 5.74) is 7.49. The molecule has 20 heavy (non-hydrogen) atoms. The number of carbonyl (C=O) groups is 1. The first-order valence-electron chi connectivity index (χ1n) is 6.07. The van der Waals surface area contributed by atoms with Crippen LogP contribution in [0.1, 0.15) is 16.1 Å². The lowest BCUT2D eigenvalue weighted by Gasteiger charge is -2.20. The minimum Gasteiger partial charge on any atom is -0.465 e.